The molecule has 0 saturated heterocycles. The van der Waals surface area contributed by atoms with Crippen molar-refractivity contribution in [3.63, 3.8) is 0 Å². The smallest absolute Gasteiger partial charge is 0.330 e. The van der Waals surface area contributed by atoms with Gasteiger partial charge in [-0.15, -0.1) is 0 Å². The summed E-state index contributed by atoms with van der Waals surface area (Å²) in [6, 6.07) is 17.7. The van der Waals surface area contributed by atoms with Crippen LogP contribution in [-0.2, 0) is 20.9 Å². The number of nitrogens with zero attached hydrogens (tertiary/aromatic N) is 1. The third-order valence-corrected chi connectivity index (χ3v) is 3.36. The number of hydrogen-bond acceptors (Lipinski definition) is 4. The summed E-state index contributed by atoms with van der Waals surface area (Å²) >= 11 is 0. The van der Waals surface area contributed by atoms with E-state index < -0.39 is 17.8 Å². The summed E-state index contributed by atoms with van der Waals surface area (Å²) in [5.41, 5.74) is 1.21. The van der Waals surface area contributed by atoms with Gasteiger partial charge in [-0.2, -0.15) is 0 Å². The highest BCUT2D eigenvalue weighted by atomic mass is 16.5. The van der Waals surface area contributed by atoms with Crippen molar-refractivity contribution in [3.8, 4) is 0 Å². The average molecular weight is 337 g/mol. The topological polar surface area (TPSA) is 63.7 Å². The predicted molar refractivity (Wildman–Crippen MR) is 93.5 cm³/mol. The number of ether oxygens (including phenoxy) is 1. The van der Waals surface area contributed by atoms with Gasteiger partial charge in [-0.05, 0) is 24.6 Å². The van der Waals surface area contributed by atoms with Gasteiger partial charge in [-0.3, -0.25) is 14.5 Å². The molecule has 0 saturated carbocycles. The lowest BCUT2D eigenvalue weighted by Crippen LogP contribution is -2.35. The van der Waals surface area contributed by atoms with Crippen LogP contribution >= 0.6 is 0 Å². The first-order valence-corrected chi connectivity index (χ1v) is 7.91. The Hall–Kier alpha value is -3.21. The molecule has 5 nitrogen and oxygen atoms in total. The van der Waals surface area contributed by atoms with Crippen molar-refractivity contribution in [2.75, 3.05) is 6.61 Å². The predicted octanol–water partition coefficient (Wildman–Crippen LogP) is 2.97. The zero-order chi connectivity index (χ0) is 18.1. The van der Waals surface area contributed by atoms with Gasteiger partial charge in [0.05, 0.1) is 13.2 Å². The highest BCUT2D eigenvalue weighted by molar-refractivity contribution is 6.09. The van der Waals surface area contributed by atoms with E-state index in [1.165, 1.54) is 0 Å². The van der Waals surface area contributed by atoms with E-state index in [0.29, 0.717) is 5.56 Å². The Morgan fingerprint density at radius 2 is 1.52 bits per heavy atom. The fourth-order valence-corrected chi connectivity index (χ4v) is 2.17. The number of benzene rings is 2. The highest BCUT2D eigenvalue weighted by Crippen LogP contribution is 2.11. The number of esters is 1. The molecule has 0 fully saturated rings. The summed E-state index contributed by atoms with van der Waals surface area (Å²) < 4.78 is 4.75. The van der Waals surface area contributed by atoms with Crippen molar-refractivity contribution >= 4 is 17.8 Å². The van der Waals surface area contributed by atoms with Crippen molar-refractivity contribution < 1.29 is 19.1 Å². The average Bonchev–Trinajstić information content (AvgIpc) is 2.65. The molecular weight excluding hydrogens is 318 g/mol. The molecule has 0 radical (unpaired) electrons. The lowest BCUT2D eigenvalue weighted by Gasteiger charge is -2.19. The normalized spacial score (nSPS) is 10.4. The van der Waals surface area contributed by atoms with Crippen molar-refractivity contribution in [1.29, 1.82) is 0 Å². The van der Waals surface area contributed by atoms with Crippen LogP contribution in [0.1, 0.15) is 22.8 Å². The fraction of sp³-hybridized carbons (Fsp3) is 0.150. The summed E-state index contributed by atoms with van der Waals surface area (Å²) in [6.07, 6.45) is 2.09. The van der Waals surface area contributed by atoms with Gasteiger partial charge in [0, 0.05) is 17.7 Å². The molecule has 2 amide bonds. The minimum absolute atomic E-state index is 0.112. The Bertz CT molecular complexity index is 754. The second-order valence-corrected chi connectivity index (χ2v) is 5.17. The summed E-state index contributed by atoms with van der Waals surface area (Å²) in [6.45, 7) is 2.00. The standard InChI is InChI=1S/C20H19NO4/c1-2-25-19(23)14-13-18(22)21(15-16-9-5-3-6-10-16)20(24)17-11-7-4-8-12-17/h3-14H,2,15H2,1H3/b14-13+. The van der Waals surface area contributed by atoms with Gasteiger partial charge in [0.2, 0.25) is 0 Å². The van der Waals surface area contributed by atoms with Crippen LogP contribution in [0.3, 0.4) is 0 Å². The molecule has 0 heterocycles. The van der Waals surface area contributed by atoms with Gasteiger partial charge in [-0.1, -0.05) is 48.5 Å². The van der Waals surface area contributed by atoms with E-state index in [4.69, 9.17) is 4.74 Å². The first-order chi connectivity index (χ1) is 12.1. The van der Waals surface area contributed by atoms with E-state index in [9.17, 15) is 14.4 Å². The number of imide groups is 1. The van der Waals surface area contributed by atoms with Crippen LogP contribution in [0.2, 0.25) is 0 Å². The van der Waals surface area contributed by atoms with Crippen molar-refractivity contribution in [1.82, 2.24) is 4.90 Å². The molecule has 0 aliphatic heterocycles. The largest absolute Gasteiger partial charge is 0.463 e. The van der Waals surface area contributed by atoms with E-state index >= 15 is 0 Å². The summed E-state index contributed by atoms with van der Waals surface area (Å²) in [5.74, 6) is -1.63. The highest BCUT2D eigenvalue weighted by Gasteiger charge is 2.21. The minimum Gasteiger partial charge on any atom is -0.463 e. The molecule has 128 valence electrons. The zero-order valence-corrected chi connectivity index (χ0v) is 13.9. The summed E-state index contributed by atoms with van der Waals surface area (Å²) in [7, 11) is 0. The Kier molecular flexibility index (Phi) is 6.65. The van der Waals surface area contributed by atoms with E-state index in [-0.39, 0.29) is 13.2 Å². The van der Waals surface area contributed by atoms with Crippen LogP contribution in [-0.4, -0.2) is 29.3 Å². The molecule has 2 aromatic carbocycles. The molecule has 25 heavy (non-hydrogen) atoms. The quantitative estimate of drug-likeness (QED) is 0.600. The number of amides is 2. The zero-order valence-electron chi connectivity index (χ0n) is 13.9. The van der Waals surface area contributed by atoms with E-state index in [1.807, 2.05) is 30.3 Å². The lowest BCUT2D eigenvalue weighted by molar-refractivity contribution is -0.137. The van der Waals surface area contributed by atoms with Gasteiger partial charge >= 0.3 is 5.97 Å². The molecule has 2 rings (SSSR count). The molecule has 0 aliphatic carbocycles. The van der Waals surface area contributed by atoms with Crippen molar-refractivity contribution in [3.05, 3.63) is 83.9 Å². The van der Waals surface area contributed by atoms with Gasteiger partial charge in [-0.25, -0.2) is 4.79 Å². The van der Waals surface area contributed by atoms with Gasteiger partial charge < -0.3 is 4.74 Å². The molecule has 0 aliphatic rings. The lowest BCUT2D eigenvalue weighted by atomic mass is 10.1. The number of carbonyl (C=O) groups excluding carboxylic acids is 3. The van der Waals surface area contributed by atoms with Gasteiger partial charge in [0.15, 0.2) is 0 Å². The Labute approximate surface area is 146 Å². The van der Waals surface area contributed by atoms with Crippen LogP contribution in [0.5, 0.6) is 0 Å². The Morgan fingerprint density at radius 1 is 0.920 bits per heavy atom. The third kappa shape index (κ3) is 5.42. The second kappa shape index (κ2) is 9.17. The molecular formula is C20H19NO4. The van der Waals surface area contributed by atoms with Crippen molar-refractivity contribution in [2.24, 2.45) is 0 Å². The second-order valence-electron chi connectivity index (χ2n) is 5.17. The van der Waals surface area contributed by atoms with Gasteiger partial charge in [0.25, 0.3) is 11.8 Å². The fourth-order valence-electron chi connectivity index (χ4n) is 2.17. The van der Waals surface area contributed by atoms with Crippen molar-refractivity contribution in [2.45, 2.75) is 13.5 Å². The Balaban J connectivity index is 2.24. The molecule has 0 aromatic heterocycles. The van der Waals surface area contributed by atoms with E-state index in [1.54, 1.807) is 37.3 Å². The molecule has 0 N–H and O–H groups in total. The number of carbonyl (C=O) groups is 3. The molecule has 5 heteroatoms. The molecule has 0 unspecified atom stereocenters. The summed E-state index contributed by atoms with van der Waals surface area (Å²) in [5, 5.41) is 0. The summed E-state index contributed by atoms with van der Waals surface area (Å²) in [4.78, 5) is 37.7. The van der Waals surface area contributed by atoms with E-state index in [2.05, 4.69) is 0 Å². The van der Waals surface area contributed by atoms with Gasteiger partial charge in [0.1, 0.15) is 0 Å². The van der Waals surface area contributed by atoms with Crippen LogP contribution in [0, 0.1) is 0 Å². The number of hydrogen-bond donors (Lipinski definition) is 0. The Morgan fingerprint density at radius 3 is 2.12 bits per heavy atom. The number of rotatable bonds is 6. The first-order valence-electron chi connectivity index (χ1n) is 7.91. The molecule has 0 bridgehead atoms. The SMILES string of the molecule is CCOC(=O)/C=C/C(=O)N(Cc1ccccc1)C(=O)c1ccccc1. The first kappa shape index (κ1) is 18.1. The molecule has 2 aromatic rings. The van der Waals surface area contributed by atoms with E-state index in [0.717, 1.165) is 22.6 Å². The molecule has 0 atom stereocenters. The van der Waals surface area contributed by atoms with Crippen LogP contribution < -0.4 is 0 Å². The molecule has 0 spiro atoms. The maximum Gasteiger partial charge on any atom is 0.330 e. The third-order valence-electron chi connectivity index (χ3n) is 3.36. The monoisotopic (exact) mass is 337 g/mol. The maximum atomic E-state index is 12.7. The maximum absolute atomic E-state index is 12.7. The van der Waals surface area contributed by atoms with Crippen LogP contribution in [0.4, 0.5) is 0 Å². The minimum atomic E-state index is -0.623. The van der Waals surface area contributed by atoms with Crippen LogP contribution in [0.15, 0.2) is 72.8 Å². The van der Waals surface area contributed by atoms with Crippen LogP contribution in [0.25, 0.3) is 0 Å².